The van der Waals surface area contributed by atoms with Crippen LogP contribution in [0, 0.1) is 6.92 Å². The average molecular weight is 320 g/mol. The Hall–Kier alpha value is -2.15. The molecule has 0 amide bonds. The minimum Gasteiger partial charge on any atom is -0.369 e. The third-order valence-electron chi connectivity index (χ3n) is 3.12. The molecule has 118 valence electrons. The van der Waals surface area contributed by atoms with Gasteiger partial charge in [0.2, 0.25) is 0 Å². The molecule has 2 aromatic rings. The van der Waals surface area contributed by atoms with E-state index in [0.717, 1.165) is 19.4 Å². The van der Waals surface area contributed by atoms with Crippen LogP contribution in [0.4, 0.5) is 11.6 Å². The molecule has 0 bridgehead atoms. The maximum atomic E-state index is 12.3. The molecule has 0 fully saturated rings. The van der Waals surface area contributed by atoms with Crippen LogP contribution in [0.25, 0.3) is 0 Å². The van der Waals surface area contributed by atoms with E-state index >= 15 is 0 Å². The first-order valence-electron chi connectivity index (χ1n) is 7.19. The Labute approximate surface area is 131 Å². The fourth-order valence-corrected chi connectivity index (χ4v) is 3.17. The van der Waals surface area contributed by atoms with Crippen LogP contribution in [0.1, 0.15) is 25.3 Å². The maximum absolute atomic E-state index is 12.3. The summed E-state index contributed by atoms with van der Waals surface area (Å²) < 4.78 is 27.1. The second kappa shape index (κ2) is 7.22. The summed E-state index contributed by atoms with van der Waals surface area (Å²) in [7, 11) is -3.65. The molecule has 1 aromatic heterocycles. The number of aromatic nitrogens is 2. The van der Waals surface area contributed by atoms with Gasteiger partial charge in [-0.1, -0.05) is 31.5 Å². The quantitative estimate of drug-likeness (QED) is 0.766. The molecule has 1 aromatic carbocycles. The summed E-state index contributed by atoms with van der Waals surface area (Å²) >= 11 is 0. The van der Waals surface area contributed by atoms with Crippen LogP contribution >= 0.6 is 0 Å². The van der Waals surface area contributed by atoms with Crippen molar-refractivity contribution in [3.05, 3.63) is 42.0 Å². The molecule has 0 saturated heterocycles. The van der Waals surface area contributed by atoms with Crippen molar-refractivity contribution in [2.75, 3.05) is 16.6 Å². The van der Waals surface area contributed by atoms with Crippen molar-refractivity contribution < 1.29 is 8.42 Å². The number of nitrogens with zero attached hydrogens (tertiary/aromatic N) is 2. The molecule has 0 radical (unpaired) electrons. The number of sulfonamides is 1. The Balaban J connectivity index is 2.09. The lowest BCUT2D eigenvalue weighted by Crippen LogP contribution is -2.15. The SMILES string of the molecule is CCCCNc1ccc(NS(=O)(=O)c2ccccc2C)nn1. The summed E-state index contributed by atoms with van der Waals surface area (Å²) in [5, 5.41) is 11.0. The van der Waals surface area contributed by atoms with Gasteiger partial charge < -0.3 is 5.32 Å². The van der Waals surface area contributed by atoms with E-state index in [9.17, 15) is 8.42 Å². The monoisotopic (exact) mass is 320 g/mol. The third-order valence-corrected chi connectivity index (χ3v) is 4.64. The summed E-state index contributed by atoms with van der Waals surface area (Å²) in [4.78, 5) is 0.238. The molecule has 22 heavy (non-hydrogen) atoms. The normalized spacial score (nSPS) is 11.2. The van der Waals surface area contributed by atoms with Crippen molar-refractivity contribution in [3.63, 3.8) is 0 Å². The van der Waals surface area contributed by atoms with Gasteiger partial charge >= 0.3 is 0 Å². The zero-order valence-corrected chi connectivity index (χ0v) is 13.5. The number of benzene rings is 1. The second-order valence-corrected chi connectivity index (χ2v) is 6.61. The second-order valence-electron chi connectivity index (χ2n) is 4.96. The van der Waals surface area contributed by atoms with Crippen LogP contribution in [0.2, 0.25) is 0 Å². The molecular formula is C15H20N4O2S. The van der Waals surface area contributed by atoms with E-state index in [-0.39, 0.29) is 10.7 Å². The lowest BCUT2D eigenvalue weighted by atomic mass is 10.2. The Morgan fingerprint density at radius 2 is 1.73 bits per heavy atom. The number of aryl methyl sites for hydroxylation is 1. The summed E-state index contributed by atoms with van der Waals surface area (Å²) in [5.74, 6) is 0.830. The molecule has 0 saturated carbocycles. The number of anilines is 2. The van der Waals surface area contributed by atoms with E-state index < -0.39 is 10.0 Å². The zero-order chi connectivity index (χ0) is 16.0. The predicted molar refractivity (Wildman–Crippen MR) is 87.4 cm³/mol. The summed E-state index contributed by atoms with van der Waals surface area (Å²) in [6, 6.07) is 10.1. The molecule has 2 N–H and O–H groups in total. The summed E-state index contributed by atoms with van der Waals surface area (Å²) in [6.07, 6.45) is 2.14. The molecule has 0 atom stereocenters. The highest BCUT2D eigenvalue weighted by molar-refractivity contribution is 7.92. The van der Waals surface area contributed by atoms with Gasteiger partial charge in [0, 0.05) is 6.54 Å². The molecule has 7 heteroatoms. The Morgan fingerprint density at radius 3 is 2.36 bits per heavy atom. The van der Waals surface area contributed by atoms with Gasteiger partial charge in [-0.2, -0.15) is 0 Å². The molecule has 0 aliphatic heterocycles. The molecule has 1 heterocycles. The molecule has 6 nitrogen and oxygen atoms in total. The zero-order valence-electron chi connectivity index (χ0n) is 12.7. The van der Waals surface area contributed by atoms with E-state index in [1.807, 2.05) is 0 Å². The first-order valence-corrected chi connectivity index (χ1v) is 8.67. The molecular weight excluding hydrogens is 300 g/mol. The van der Waals surface area contributed by atoms with Crippen LogP contribution in [0.15, 0.2) is 41.3 Å². The summed E-state index contributed by atoms with van der Waals surface area (Å²) in [6.45, 7) is 4.68. The van der Waals surface area contributed by atoms with Gasteiger partial charge in [0.15, 0.2) is 5.82 Å². The highest BCUT2D eigenvalue weighted by atomic mass is 32.2. The van der Waals surface area contributed by atoms with Crippen molar-refractivity contribution >= 4 is 21.7 Å². The lowest BCUT2D eigenvalue weighted by molar-refractivity contribution is 0.600. The molecule has 0 aliphatic carbocycles. The van der Waals surface area contributed by atoms with Gasteiger partial charge in [0.25, 0.3) is 10.0 Å². The smallest absolute Gasteiger partial charge is 0.263 e. The third kappa shape index (κ3) is 4.17. The van der Waals surface area contributed by atoms with Crippen LogP contribution < -0.4 is 10.0 Å². The van der Waals surface area contributed by atoms with Crippen LogP contribution in [-0.2, 0) is 10.0 Å². The molecule has 0 aliphatic rings. The van der Waals surface area contributed by atoms with E-state index in [4.69, 9.17) is 0 Å². The highest BCUT2D eigenvalue weighted by Crippen LogP contribution is 2.17. The minimum absolute atomic E-state index is 0.198. The fraction of sp³-hybridized carbons (Fsp3) is 0.333. The average Bonchev–Trinajstić information content (AvgIpc) is 2.49. The van der Waals surface area contributed by atoms with Gasteiger partial charge in [0.05, 0.1) is 4.90 Å². The van der Waals surface area contributed by atoms with Gasteiger partial charge in [-0.25, -0.2) is 8.42 Å². The fourth-order valence-electron chi connectivity index (χ4n) is 1.92. The number of hydrogen-bond donors (Lipinski definition) is 2. The topological polar surface area (TPSA) is 84.0 Å². The Bertz CT molecular complexity index is 715. The maximum Gasteiger partial charge on any atom is 0.263 e. The van der Waals surface area contributed by atoms with Crippen molar-refractivity contribution in [1.82, 2.24) is 10.2 Å². The predicted octanol–water partition coefficient (Wildman–Crippen LogP) is 2.80. The number of nitrogens with one attached hydrogen (secondary N) is 2. The van der Waals surface area contributed by atoms with Gasteiger partial charge in [-0.3, -0.25) is 4.72 Å². The highest BCUT2D eigenvalue weighted by Gasteiger charge is 2.17. The van der Waals surface area contributed by atoms with Crippen LogP contribution in [-0.4, -0.2) is 25.2 Å². The van der Waals surface area contributed by atoms with E-state index in [0.29, 0.717) is 11.4 Å². The minimum atomic E-state index is -3.65. The lowest BCUT2D eigenvalue weighted by Gasteiger charge is -2.09. The van der Waals surface area contributed by atoms with Crippen molar-refractivity contribution in [2.45, 2.75) is 31.6 Å². The standard InChI is InChI=1S/C15H20N4O2S/c1-3-4-11-16-14-9-10-15(18-17-14)19-22(20,21)13-8-6-5-7-12(13)2/h5-10H,3-4,11H2,1-2H3,(H,16,17)(H,18,19). The van der Waals surface area contributed by atoms with Crippen LogP contribution in [0.3, 0.4) is 0 Å². The Kier molecular flexibility index (Phi) is 5.32. The van der Waals surface area contributed by atoms with Crippen molar-refractivity contribution in [3.8, 4) is 0 Å². The molecule has 2 rings (SSSR count). The van der Waals surface area contributed by atoms with Crippen molar-refractivity contribution in [2.24, 2.45) is 0 Å². The number of rotatable bonds is 7. The number of unbranched alkanes of at least 4 members (excludes halogenated alkanes) is 1. The van der Waals surface area contributed by atoms with E-state index in [1.54, 1.807) is 43.3 Å². The molecule has 0 unspecified atom stereocenters. The van der Waals surface area contributed by atoms with Gasteiger partial charge in [-0.05, 0) is 37.1 Å². The van der Waals surface area contributed by atoms with Crippen LogP contribution in [0.5, 0.6) is 0 Å². The van der Waals surface area contributed by atoms with E-state index in [2.05, 4.69) is 27.2 Å². The summed E-state index contributed by atoms with van der Waals surface area (Å²) in [5.41, 5.74) is 0.681. The van der Waals surface area contributed by atoms with E-state index in [1.165, 1.54) is 0 Å². The first kappa shape index (κ1) is 16.2. The first-order chi connectivity index (χ1) is 10.5. The molecule has 0 spiro atoms. The van der Waals surface area contributed by atoms with Gasteiger partial charge in [0.1, 0.15) is 5.82 Å². The Morgan fingerprint density at radius 1 is 1.05 bits per heavy atom. The van der Waals surface area contributed by atoms with Gasteiger partial charge in [-0.15, -0.1) is 10.2 Å². The van der Waals surface area contributed by atoms with Crippen molar-refractivity contribution in [1.29, 1.82) is 0 Å². The number of hydrogen-bond acceptors (Lipinski definition) is 5. The largest absolute Gasteiger partial charge is 0.369 e.